The van der Waals surface area contributed by atoms with Gasteiger partial charge in [0.05, 0.1) is 5.60 Å². The first kappa shape index (κ1) is 18.2. The van der Waals surface area contributed by atoms with Crippen molar-refractivity contribution in [3.63, 3.8) is 0 Å². The fraction of sp³-hybridized carbons (Fsp3) is 0.478. The Bertz CT molecular complexity index is 623. The molecule has 2 nitrogen and oxygen atoms in total. The normalized spacial score (nSPS) is 21.0. The Morgan fingerprint density at radius 1 is 1.04 bits per heavy atom. The lowest BCUT2D eigenvalue weighted by molar-refractivity contribution is -0.0628. The molecule has 0 saturated carbocycles. The lowest BCUT2D eigenvalue weighted by Gasteiger charge is -2.36. The van der Waals surface area contributed by atoms with Crippen molar-refractivity contribution in [1.82, 2.24) is 5.32 Å². The summed E-state index contributed by atoms with van der Waals surface area (Å²) in [6, 6.07) is 22.4. The lowest BCUT2D eigenvalue weighted by atomic mass is 9.89. The first-order valence-electron chi connectivity index (χ1n) is 9.59. The molecule has 1 fully saturated rings. The standard InChI is InChI=1S/C23H31NO/c1-23(2)18-22(14-16-25-23)24-15-13-21(20-11-7-4-8-12-20)17-19-9-5-3-6-10-19/h3-12,21-22,24H,13-18H2,1-2H3/t21-,22-/m0/s1. The molecule has 2 atom stereocenters. The average Bonchev–Trinajstić information content (AvgIpc) is 2.62. The molecule has 0 aliphatic carbocycles. The molecule has 0 aromatic heterocycles. The van der Waals surface area contributed by atoms with Gasteiger partial charge in [-0.3, -0.25) is 0 Å². The van der Waals surface area contributed by atoms with Crippen molar-refractivity contribution >= 4 is 0 Å². The van der Waals surface area contributed by atoms with E-state index in [0.29, 0.717) is 12.0 Å². The van der Waals surface area contributed by atoms with Gasteiger partial charge >= 0.3 is 0 Å². The van der Waals surface area contributed by atoms with Crippen molar-refractivity contribution in [3.8, 4) is 0 Å². The Morgan fingerprint density at radius 3 is 2.40 bits per heavy atom. The van der Waals surface area contributed by atoms with Crippen LogP contribution in [-0.2, 0) is 11.2 Å². The topological polar surface area (TPSA) is 21.3 Å². The Morgan fingerprint density at radius 2 is 1.72 bits per heavy atom. The van der Waals surface area contributed by atoms with Gasteiger partial charge in [0.25, 0.3) is 0 Å². The molecule has 0 unspecified atom stereocenters. The minimum atomic E-state index is 0.0127. The number of hydrogen-bond donors (Lipinski definition) is 1. The molecule has 0 bridgehead atoms. The predicted molar refractivity (Wildman–Crippen MR) is 105 cm³/mol. The van der Waals surface area contributed by atoms with E-state index >= 15 is 0 Å². The van der Waals surface area contributed by atoms with Crippen molar-refractivity contribution in [2.24, 2.45) is 0 Å². The lowest BCUT2D eigenvalue weighted by Crippen LogP contribution is -2.44. The monoisotopic (exact) mass is 337 g/mol. The zero-order valence-electron chi connectivity index (χ0n) is 15.6. The molecule has 2 aromatic rings. The molecule has 1 aliphatic heterocycles. The van der Waals surface area contributed by atoms with E-state index in [1.807, 2.05) is 0 Å². The molecule has 1 aliphatic rings. The van der Waals surface area contributed by atoms with E-state index in [1.54, 1.807) is 0 Å². The molecular formula is C23H31NO. The van der Waals surface area contributed by atoms with Crippen LogP contribution >= 0.6 is 0 Å². The summed E-state index contributed by atoms with van der Waals surface area (Å²) >= 11 is 0. The van der Waals surface area contributed by atoms with Crippen molar-refractivity contribution in [3.05, 3.63) is 71.8 Å². The number of rotatable bonds is 7. The number of nitrogens with one attached hydrogen (secondary N) is 1. The quantitative estimate of drug-likeness (QED) is 0.772. The van der Waals surface area contributed by atoms with Gasteiger partial charge in [-0.1, -0.05) is 60.7 Å². The van der Waals surface area contributed by atoms with E-state index in [4.69, 9.17) is 4.74 Å². The summed E-state index contributed by atoms with van der Waals surface area (Å²) in [6.07, 6.45) is 4.49. The highest BCUT2D eigenvalue weighted by atomic mass is 16.5. The maximum Gasteiger partial charge on any atom is 0.0641 e. The third kappa shape index (κ3) is 5.69. The second-order valence-electron chi connectivity index (χ2n) is 7.84. The van der Waals surface area contributed by atoms with Gasteiger partial charge in [-0.15, -0.1) is 0 Å². The van der Waals surface area contributed by atoms with Crippen LogP contribution in [0.15, 0.2) is 60.7 Å². The average molecular weight is 338 g/mol. The molecule has 1 saturated heterocycles. The second kappa shape index (κ2) is 8.64. The van der Waals surface area contributed by atoms with Crippen molar-refractivity contribution in [2.45, 2.75) is 57.1 Å². The van der Waals surface area contributed by atoms with Crippen LogP contribution in [0.3, 0.4) is 0 Å². The van der Waals surface area contributed by atoms with Gasteiger partial charge in [0, 0.05) is 12.6 Å². The van der Waals surface area contributed by atoms with Crippen LogP contribution in [0, 0.1) is 0 Å². The molecule has 1 heterocycles. The molecule has 0 spiro atoms. The minimum Gasteiger partial charge on any atom is -0.375 e. The van der Waals surface area contributed by atoms with Gasteiger partial charge in [-0.25, -0.2) is 0 Å². The third-order valence-corrected chi connectivity index (χ3v) is 5.22. The Kier molecular flexibility index (Phi) is 6.28. The highest BCUT2D eigenvalue weighted by molar-refractivity contribution is 5.24. The van der Waals surface area contributed by atoms with Gasteiger partial charge in [0.2, 0.25) is 0 Å². The molecule has 134 valence electrons. The summed E-state index contributed by atoms with van der Waals surface area (Å²) in [6.45, 7) is 6.33. The Hall–Kier alpha value is -1.64. The molecule has 3 rings (SSSR count). The minimum absolute atomic E-state index is 0.0127. The van der Waals surface area contributed by atoms with E-state index in [2.05, 4.69) is 79.8 Å². The molecular weight excluding hydrogens is 306 g/mol. The fourth-order valence-electron chi connectivity index (χ4n) is 3.88. The van der Waals surface area contributed by atoms with Gasteiger partial charge in [-0.05, 0) is 63.1 Å². The molecule has 2 aromatic carbocycles. The molecule has 0 amide bonds. The summed E-state index contributed by atoms with van der Waals surface area (Å²) in [4.78, 5) is 0. The van der Waals surface area contributed by atoms with Crippen LogP contribution in [0.5, 0.6) is 0 Å². The largest absolute Gasteiger partial charge is 0.375 e. The van der Waals surface area contributed by atoms with Crippen LogP contribution in [-0.4, -0.2) is 24.8 Å². The summed E-state index contributed by atoms with van der Waals surface area (Å²) in [5.41, 5.74) is 2.88. The van der Waals surface area contributed by atoms with Crippen LogP contribution < -0.4 is 5.32 Å². The smallest absolute Gasteiger partial charge is 0.0641 e. The van der Waals surface area contributed by atoms with Crippen LogP contribution in [0.2, 0.25) is 0 Å². The number of ether oxygens (including phenoxy) is 1. The van der Waals surface area contributed by atoms with Gasteiger partial charge in [-0.2, -0.15) is 0 Å². The Balaban J connectivity index is 1.58. The summed E-state index contributed by atoms with van der Waals surface area (Å²) in [5, 5.41) is 3.78. The summed E-state index contributed by atoms with van der Waals surface area (Å²) in [5.74, 6) is 0.559. The summed E-state index contributed by atoms with van der Waals surface area (Å²) in [7, 11) is 0. The number of benzene rings is 2. The van der Waals surface area contributed by atoms with E-state index in [1.165, 1.54) is 11.1 Å². The van der Waals surface area contributed by atoms with Gasteiger partial charge in [0.1, 0.15) is 0 Å². The van der Waals surface area contributed by atoms with E-state index in [0.717, 1.165) is 38.8 Å². The molecule has 1 N–H and O–H groups in total. The van der Waals surface area contributed by atoms with E-state index in [9.17, 15) is 0 Å². The van der Waals surface area contributed by atoms with Crippen molar-refractivity contribution < 1.29 is 4.74 Å². The maximum absolute atomic E-state index is 5.83. The molecule has 25 heavy (non-hydrogen) atoms. The first-order valence-corrected chi connectivity index (χ1v) is 9.59. The van der Waals surface area contributed by atoms with Crippen molar-refractivity contribution in [2.75, 3.05) is 13.2 Å². The Labute approximate surface area is 152 Å². The van der Waals surface area contributed by atoms with Crippen LogP contribution in [0.1, 0.15) is 50.2 Å². The van der Waals surface area contributed by atoms with E-state index < -0.39 is 0 Å². The SMILES string of the molecule is CC1(C)C[C@@H](NCC[C@@H](Cc2ccccc2)c2ccccc2)CCO1. The van der Waals surface area contributed by atoms with E-state index in [-0.39, 0.29) is 5.60 Å². The highest BCUT2D eigenvalue weighted by Gasteiger charge is 2.28. The predicted octanol–water partition coefficient (Wildman–Crippen LogP) is 4.95. The van der Waals surface area contributed by atoms with Crippen LogP contribution in [0.4, 0.5) is 0 Å². The number of hydrogen-bond acceptors (Lipinski definition) is 2. The molecule has 0 radical (unpaired) electrons. The maximum atomic E-state index is 5.83. The fourth-order valence-corrected chi connectivity index (χ4v) is 3.88. The highest BCUT2D eigenvalue weighted by Crippen LogP contribution is 2.26. The van der Waals surface area contributed by atoms with Crippen molar-refractivity contribution in [1.29, 1.82) is 0 Å². The van der Waals surface area contributed by atoms with Gasteiger partial charge < -0.3 is 10.1 Å². The zero-order valence-corrected chi connectivity index (χ0v) is 15.6. The van der Waals surface area contributed by atoms with Gasteiger partial charge in [0.15, 0.2) is 0 Å². The summed E-state index contributed by atoms with van der Waals surface area (Å²) < 4.78 is 5.83. The second-order valence-corrected chi connectivity index (χ2v) is 7.84. The first-order chi connectivity index (χ1) is 12.1. The molecule has 2 heteroatoms. The van der Waals surface area contributed by atoms with Crippen LogP contribution in [0.25, 0.3) is 0 Å². The third-order valence-electron chi connectivity index (χ3n) is 5.22. The zero-order chi connectivity index (χ0) is 17.5.